The Morgan fingerprint density at radius 1 is 1.18 bits per heavy atom. The van der Waals surface area contributed by atoms with Crippen LogP contribution >= 0.6 is 0 Å². The Morgan fingerprint density at radius 3 is 2.50 bits per heavy atom. The van der Waals surface area contributed by atoms with Gasteiger partial charge in [0.15, 0.2) is 0 Å². The van der Waals surface area contributed by atoms with Gasteiger partial charge in [0.25, 0.3) is 15.9 Å². The maximum Gasteiger partial charge on any atom is 0.325 e. The summed E-state index contributed by atoms with van der Waals surface area (Å²) in [5.74, 6) is -2.40. The van der Waals surface area contributed by atoms with Crippen LogP contribution in [-0.2, 0) is 26.9 Å². The zero-order valence-electron chi connectivity index (χ0n) is 15.2. The summed E-state index contributed by atoms with van der Waals surface area (Å²) in [5.41, 5.74) is -2.13. The lowest BCUT2D eigenvalue weighted by molar-refractivity contribution is -0.131. The van der Waals surface area contributed by atoms with Crippen LogP contribution in [0.4, 0.5) is 13.6 Å². The second-order valence-electron chi connectivity index (χ2n) is 6.58. The molecule has 150 valence electrons. The minimum Gasteiger partial charge on any atom is -0.446 e. The fourth-order valence-corrected chi connectivity index (χ4v) is 3.63. The van der Waals surface area contributed by atoms with E-state index in [4.69, 9.17) is 4.42 Å². The number of hydrogen-bond acceptors (Lipinski definition) is 5. The summed E-state index contributed by atoms with van der Waals surface area (Å²) in [6, 6.07) is 4.28. The minimum absolute atomic E-state index is 0.0351. The highest BCUT2D eigenvalue weighted by Gasteiger charge is 2.50. The van der Waals surface area contributed by atoms with Crippen LogP contribution in [0.25, 0.3) is 0 Å². The van der Waals surface area contributed by atoms with Crippen molar-refractivity contribution in [2.45, 2.75) is 24.1 Å². The zero-order valence-corrected chi connectivity index (χ0v) is 16.0. The highest BCUT2D eigenvalue weighted by Crippen LogP contribution is 2.32. The maximum absolute atomic E-state index is 14.2. The molecule has 1 saturated heterocycles. The van der Waals surface area contributed by atoms with Crippen molar-refractivity contribution in [3.8, 4) is 0 Å². The first-order valence-electron chi connectivity index (χ1n) is 8.07. The average molecular weight is 413 g/mol. The van der Waals surface area contributed by atoms with Gasteiger partial charge < -0.3 is 9.73 Å². The maximum atomic E-state index is 14.2. The number of halogens is 2. The van der Waals surface area contributed by atoms with Crippen molar-refractivity contribution >= 4 is 22.0 Å². The number of rotatable bonds is 5. The number of furan rings is 1. The van der Waals surface area contributed by atoms with Crippen molar-refractivity contribution in [1.29, 1.82) is 0 Å². The Balaban J connectivity index is 1.89. The molecule has 1 unspecified atom stereocenters. The number of imide groups is 1. The van der Waals surface area contributed by atoms with Gasteiger partial charge in [-0.1, -0.05) is 0 Å². The predicted molar refractivity (Wildman–Crippen MR) is 92.4 cm³/mol. The van der Waals surface area contributed by atoms with Crippen molar-refractivity contribution < 1.29 is 31.2 Å². The molecule has 1 fully saturated rings. The highest BCUT2D eigenvalue weighted by atomic mass is 32.2. The first-order chi connectivity index (χ1) is 13.0. The lowest BCUT2D eigenvalue weighted by atomic mass is 9.91. The van der Waals surface area contributed by atoms with Crippen LogP contribution in [0.2, 0.25) is 0 Å². The van der Waals surface area contributed by atoms with Crippen molar-refractivity contribution in [2.24, 2.45) is 0 Å². The Hall–Kier alpha value is -2.79. The van der Waals surface area contributed by atoms with Crippen molar-refractivity contribution in [3.63, 3.8) is 0 Å². The zero-order chi connectivity index (χ0) is 20.9. The number of carbonyl (C=O) groups excluding carboxylic acids is 2. The van der Waals surface area contributed by atoms with Gasteiger partial charge in [-0.15, -0.1) is 0 Å². The number of nitrogens with one attached hydrogen (secondary N) is 1. The molecule has 28 heavy (non-hydrogen) atoms. The lowest BCUT2D eigenvalue weighted by Gasteiger charge is -2.22. The molecule has 1 aromatic heterocycles. The van der Waals surface area contributed by atoms with Gasteiger partial charge in [0.2, 0.25) is 5.09 Å². The topological polar surface area (TPSA) is 99.9 Å². The van der Waals surface area contributed by atoms with E-state index in [2.05, 4.69) is 5.32 Å². The number of urea groups is 1. The summed E-state index contributed by atoms with van der Waals surface area (Å²) in [5, 5.41) is 2.00. The summed E-state index contributed by atoms with van der Waals surface area (Å²) in [7, 11) is -1.17. The molecule has 1 aromatic carbocycles. The predicted octanol–water partition coefficient (Wildman–Crippen LogP) is 1.78. The molecule has 2 aromatic rings. The molecular weight excluding hydrogens is 396 g/mol. The Morgan fingerprint density at radius 2 is 1.86 bits per heavy atom. The molecule has 1 aliphatic heterocycles. The van der Waals surface area contributed by atoms with Gasteiger partial charge >= 0.3 is 6.03 Å². The van der Waals surface area contributed by atoms with E-state index in [1.807, 2.05) is 0 Å². The van der Waals surface area contributed by atoms with Gasteiger partial charge in [-0.25, -0.2) is 26.3 Å². The van der Waals surface area contributed by atoms with Gasteiger partial charge in [0.1, 0.15) is 22.9 Å². The summed E-state index contributed by atoms with van der Waals surface area (Å²) in [6.07, 6.45) is 0. The first-order valence-corrected chi connectivity index (χ1v) is 9.51. The van der Waals surface area contributed by atoms with E-state index < -0.39 is 39.1 Å². The number of carbonyl (C=O) groups is 2. The number of amides is 3. The third-order valence-corrected chi connectivity index (χ3v) is 6.12. The van der Waals surface area contributed by atoms with E-state index in [-0.39, 0.29) is 23.0 Å². The normalized spacial score (nSPS) is 20.1. The molecule has 0 bridgehead atoms. The molecule has 3 amide bonds. The van der Waals surface area contributed by atoms with Crippen LogP contribution in [0.15, 0.2) is 39.8 Å². The van der Waals surface area contributed by atoms with E-state index >= 15 is 0 Å². The van der Waals surface area contributed by atoms with E-state index in [0.29, 0.717) is 0 Å². The Bertz CT molecular complexity index is 1070. The molecule has 1 aliphatic rings. The van der Waals surface area contributed by atoms with Gasteiger partial charge in [-0.05, 0) is 37.3 Å². The third kappa shape index (κ3) is 3.16. The summed E-state index contributed by atoms with van der Waals surface area (Å²) >= 11 is 0. The highest BCUT2D eigenvalue weighted by molar-refractivity contribution is 7.88. The van der Waals surface area contributed by atoms with Gasteiger partial charge in [-0.2, -0.15) is 0 Å². The fourth-order valence-electron chi connectivity index (χ4n) is 2.82. The van der Waals surface area contributed by atoms with Crippen LogP contribution in [0.3, 0.4) is 0 Å². The molecule has 11 heteroatoms. The molecular formula is C17H17F2N3O5S. The first kappa shape index (κ1) is 20.0. The summed E-state index contributed by atoms with van der Waals surface area (Å²) < 4.78 is 58.0. The van der Waals surface area contributed by atoms with E-state index in [9.17, 15) is 26.8 Å². The number of nitrogens with zero attached hydrogens (tertiary/aromatic N) is 2. The minimum atomic E-state index is -3.82. The van der Waals surface area contributed by atoms with Crippen LogP contribution in [0.5, 0.6) is 0 Å². The monoisotopic (exact) mass is 413 g/mol. The molecule has 1 N–H and O–H groups in total. The molecule has 1 atom stereocenters. The van der Waals surface area contributed by atoms with E-state index in [1.165, 1.54) is 33.2 Å². The average Bonchev–Trinajstić information content (AvgIpc) is 3.17. The van der Waals surface area contributed by atoms with E-state index in [1.54, 1.807) is 0 Å². The lowest BCUT2D eigenvalue weighted by Crippen LogP contribution is -2.41. The molecule has 0 aliphatic carbocycles. The van der Waals surface area contributed by atoms with Crippen LogP contribution in [0, 0.1) is 11.6 Å². The number of benzene rings is 1. The molecule has 0 radical (unpaired) electrons. The Kier molecular flexibility index (Phi) is 4.76. The van der Waals surface area contributed by atoms with Crippen molar-refractivity contribution in [2.75, 3.05) is 14.1 Å². The van der Waals surface area contributed by atoms with Gasteiger partial charge in [-0.3, -0.25) is 9.69 Å². The molecule has 8 nitrogen and oxygen atoms in total. The Labute approximate surface area is 159 Å². The molecule has 2 heterocycles. The summed E-state index contributed by atoms with van der Waals surface area (Å²) in [4.78, 5) is 25.8. The number of hydrogen-bond donors (Lipinski definition) is 1. The second kappa shape index (κ2) is 6.67. The number of sulfonamides is 1. The van der Waals surface area contributed by atoms with E-state index in [0.717, 1.165) is 27.4 Å². The van der Waals surface area contributed by atoms with Gasteiger partial charge in [0, 0.05) is 19.7 Å². The second-order valence-corrected chi connectivity index (χ2v) is 8.66. The molecule has 3 rings (SSSR count). The van der Waals surface area contributed by atoms with Gasteiger partial charge in [0.05, 0.1) is 6.54 Å². The standard InChI is InChI=1S/C17H17F2N3O5S/c1-17(12-8-10(18)4-6-13(12)19)15(23)22(16(24)20-17)9-11-5-7-14(27-11)28(25,26)21(2)3/h4-8H,9H2,1-3H3,(H,20,24). The smallest absolute Gasteiger partial charge is 0.325 e. The largest absolute Gasteiger partial charge is 0.446 e. The summed E-state index contributed by atoms with van der Waals surface area (Å²) in [6.45, 7) is 0.884. The quantitative estimate of drug-likeness (QED) is 0.754. The fraction of sp³-hybridized carbons (Fsp3) is 0.294. The molecule has 0 saturated carbocycles. The third-order valence-electron chi connectivity index (χ3n) is 4.43. The van der Waals surface area contributed by atoms with Crippen LogP contribution < -0.4 is 5.32 Å². The van der Waals surface area contributed by atoms with Crippen molar-refractivity contribution in [1.82, 2.24) is 14.5 Å². The van der Waals surface area contributed by atoms with Crippen LogP contribution in [0.1, 0.15) is 18.2 Å². The van der Waals surface area contributed by atoms with Crippen molar-refractivity contribution in [3.05, 3.63) is 53.3 Å². The molecule has 0 spiro atoms. The SMILES string of the molecule is CN(C)S(=O)(=O)c1ccc(CN2C(=O)NC(C)(c3cc(F)ccc3F)C2=O)o1. The van der Waals surface area contributed by atoms with Crippen LogP contribution in [-0.4, -0.2) is 43.7 Å².